The van der Waals surface area contributed by atoms with Crippen LogP contribution < -0.4 is 5.32 Å². The molecular weight excluding hydrogens is 214 g/mol. The average molecular weight is 237 g/mol. The smallest absolute Gasteiger partial charge is 0.122 e. The van der Waals surface area contributed by atoms with Gasteiger partial charge in [0.1, 0.15) is 5.54 Å². The van der Waals surface area contributed by atoms with Crippen LogP contribution in [0, 0.1) is 17.2 Å². The third kappa shape index (κ3) is 2.79. The number of piperidine rings is 1. The van der Waals surface area contributed by atoms with Gasteiger partial charge in [-0.05, 0) is 38.6 Å². The summed E-state index contributed by atoms with van der Waals surface area (Å²) in [5, 5.41) is 12.7. The summed E-state index contributed by atoms with van der Waals surface area (Å²) in [5.74, 6) is 0.553. The van der Waals surface area contributed by atoms with Crippen molar-refractivity contribution < 1.29 is 4.74 Å². The maximum Gasteiger partial charge on any atom is 0.122 e. The molecule has 1 heterocycles. The minimum absolute atomic E-state index is 0.320. The molecule has 96 valence electrons. The van der Waals surface area contributed by atoms with E-state index in [4.69, 9.17) is 4.74 Å². The lowest BCUT2D eigenvalue weighted by Gasteiger charge is -2.37. The van der Waals surface area contributed by atoms with E-state index in [1.807, 2.05) is 7.05 Å². The van der Waals surface area contributed by atoms with E-state index in [2.05, 4.69) is 16.3 Å². The summed E-state index contributed by atoms with van der Waals surface area (Å²) in [6.45, 7) is 2.97. The molecule has 2 aliphatic rings. The topological polar surface area (TPSA) is 48.3 Å². The summed E-state index contributed by atoms with van der Waals surface area (Å²) >= 11 is 0. The van der Waals surface area contributed by atoms with Gasteiger partial charge in [0.25, 0.3) is 0 Å². The second-order valence-corrected chi connectivity index (χ2v) is 5.32. The molecule has 1 atom stereocenters. The maximum absolute atomic E-state index is 9.45. The van der Waals surface area contributed by atoms with Crippen LogP contribution in [0.25, 0.3) is 0 Å². The van der Waals surface area contributed by atoms with Crippen molar-refractivity contribution in [3.05, 3.63) is 0 Å². The third-order valence-electron chi connectivity index (χ3n) is 4.26. The normalized spacial score (nSPS) is 26.4. The molecule has 0 amide bonds. The Bertz CT molecular complexity index is 290. The van der Waals surface area contributed by atoms with Crippen LogP contribution in [0.5, 0.6) is 0 Å². The van der Waals surface area contributed by atoms with E-state index in [1.165, 1.54) is 12.8 Å². The molecule has 1 saturated carbocycles. The van der Waals surface area contributed by atoms with E-state index in [9.17, 15) is 5.26 Å². The van der Waals surface area contributed by atoms with Crippen molar-refractivity contribution in [2.75, 3.05) is 33.8 Å². The van der Waals surface area contributed by atoms with Gasteiger partial charge in [-0.2, -0.15) is 5.26 Å². The number of methoxy groups -OCH3 is 1. The molecule has 1 N–H and O–H groups in total. The fraction of sp³-hybridized carbons (Fsp3) is 0.923. The highest BCUT2D eigenvalue weighted by atomic mass is 16.5. The maximum atomic E-state index is 9.45. The average Bonchev–Trinajstić information content (AvgIpc) is 3.21. The van der Waals surface area contributed by atoms with Crippen molar-refractivity contribution in [2.24, 2.45) is 5.92 Å². The van der Waals surface area contributed by atoms with Crippen molar-refractivity contribution in [3.8, 4) is 6.07 Å². The van der Waals surface area contributed by atoms with Crippen LogP contribution in [0.4, 0.5) is 0 Å². The van der Waals surface area contributed by atoms with Gasteiger partial charge in [-0.3, -0.25) is 0 Å². The number of likely N-dealkylation sites (tertiary alicyclic amines) is 1. The van der Waals surface area contributed by atoms with E-state index >= 15 is 0 Å². The molecular formula is C13H23N3O. The first-order valence-electron chi connectivity index (χ1n) is 6.59. The van der Waals surface area contributed by atoms with Gasteiger partial charge in [0.05, 0.1) is 12.2 Å². The van der Waals surface area contributed by atoms with Crippen LogP contribution in [0.2, 0.25) is 0 Å². The van der Waals surface area contributed by atoms with E-state index in [0.29, 0.717) is 12.0 Å². The number of nitrogens with one attached hydrogen (secondary N) is 1. The first kappa shape index (κ1) is 12.8. The first-order chi connectivity index (χ1) is 8.24. The van der Waals surface area contributed by atoms with Gasteiger partial charge in [0, 0.05) is 26.7 Å². The Kier molecular flexibility index (Phi) is 4.03. The zero-order valence-corrected chi connectivity index (χ0v) is 10.9. The third-order valence-corrected chi connectivity index (χ3v) is 4.26. The van der Waals surface area contributed by atoms with Gasteiger partial charge in [-0.15, -0.1) is 0 Å². The molecule has 0 aromatic rings. The molecule has 4 heteroatoms. The number of hydrogen-bond acceptors (Lipinski definition) is 4. The van der Waals surface area contributed by atoms with E-state index in [1.54, 1.807) is 7.11 Å². The zero-order chi connectivity index (χ0) is 12.3. The quantitative estimate of drug-likeness (QED) is 0.774. The van der Waals surface area contributed by atoms with Crippen molar-refractivity contribution in [1.29, 1.82) is 5.26 Å². The predicted molar refractivity (Wildman–Crippen MR) is 66.6 cm³/mol. The van der Waals surface area contributed by atoms with E-state index < -0.39 is 0 Å². The number of likely N-dealkylation sites (N-methyl/N-ethyl adjacent to an activating group) is 1. The van der Waals surface area contributed by atoms with Crippen molar-refractivity contribution in [1.82, 2.24) is 10.2 Å². The van der Waals surface area contributed by atoms with Gasteiger partial charge < -0.3 is 15.0 Å². The molecule has 1 saturated heterocycles. The van der Waals surface area contributed by atoms with Gasteiger partial charge in [-0.1, -0.05) is 0 Å². The van der Waals surface area contributed by atoms with Crippen LogP contribution in [0.15, 0.2) is 0 Å². The highest BCUT2D eigenvalue weighted by Gasteiger charge is 2.45. The SMILES string of the molecule is CNC(C#N)(CN1CCC(OC)CC1)C1CC1. The minimum Gasteiger partial charge on any atom is -0.381 e. The molecule has 0 spiro atoms. The summed E-state index contributed by atoms with van der Waals surface area (Å²) in [4.78, 5) is 2.41. The van der Waals surface area contributed by atoms with E-state index in [0.717, 1.165) is 32.5 Å². The first-order valence-corrected chi connectivity index (χ1v) is 6.59. The number of ether oxygens (including phenoxy) is 1. The zero-order valence-electron chi connectivity index (χ0n) is 10.9. The highest BCUT2D eigenvalue weighted by Crippen LogP contribution is 2.40. The number of rotatable bonds is 5. The summed E-state index contributed by atoms with van der Waals surface area (Å²) in [6, 6.07) is 2.52. The number of nitriles is 1. The molecule has 0 aromatic carbocycles. The van der Waals surface area contributed by atoms with Crippen LogP contribution in [0.1, 0.15) is 25.7 Å². The highest BCUT2D eigenvalue weighted by molar-refractivity contribution is 5.16. The lowest BCUT2D eigenvalue weighted by atomic mass is 9.93. The molecule has 17 heavy (non-hydrogen) atoms. The molecule has 2 fully saturated rings. The van der Waals surface area contributed by atoms with Gasteiger partial charge in [-0.25, -0.2) is 0 Å². The van der Waals surface area contributed by atoms with Crippen molar-refractivity contribution in [3.63, 3.8) is 0 Å². The Labute approximate surface area is 104 Å². The van der Waals surface area contributed by atoms with Crippen LogP contribution in [-0.2, 0) is 4.74 Å². The van der Waals surface area contributed by atoms with Gasteiger partial charge in [0.15, 0.2) is 0 Å². The van der Waals surface area contributed by atoms with Crippen LogP contribution in [-0.4, -0.2) is 50.3 Å². The Hall–Kier alpha value is -0.630. The summed E-state index contributed by atoms with van der Waals surface area (Å²) in [5.41, 5.74) is -0.320. The Morgan fingerprint density at radius 1 is 1.35 bits per heavy atom. The fourth-order valence-corrected chi connectivity index (χ4v) is 2.83. The predicted octanol–water partition coefficient (Wildman–Crippen LogP) is 0.989. The minimum atomic E-state index is -0.320. The lowest BCUT2D eigenvalue weighted by molar-refractivity contribution is 0.0343. The number of nitrogens with zero attached hydrogens (tertiary/aromatic N) is 2. The molecule has 1 aliphatic carbocycles. The Morgan fingerprint density at radius 2 is 2.00 bits per heavy atom. The van der Waals surface area contributed by atoms with Crippen molar-refractivity contribution >= 4 is 0 Å². The summed E-state index contributed by atoms with van der Waals surface area (Å²) < 4.78 is 5.37. The summed E-state index contributed by atoms with van der Waals surface area (Å²) in [6.07, 6.45) is 4.99. The monoisotopic (exact) mass is 237 g/mol. The molecule has 2 rings (SSSR count). The second kappa shape index (κ2) is 5.34. The Morgan fingerprint density at radius 3 is 2.41 bits per heavy atom. The van der Waals surface area contributed by atoms with Crippen LogP contribution >= 0.6 is 0 Å². The molecule has 0 aromatic heterocycles. The van der Waals surface area contributed by atoms with Gasteiger partial charge >= 0.3 is 0 Å². The molecule has 0 radical (unpaired) electrons. The van der Waals surface area contributed by atoms with Crippen molar-refractivity contribution in [2.45, 2.75) is 37.3 Å². The largest absolute Gasteiger partial charge is 0.381 e. The fourth-order valence-electron chi connectivity index (χ4n) is 2.83. The van der Waals surface area contributed by atoms with E-state index in [-0.39, 0.29) is 5.54 Å². The molecule has 0 bridgehead atoms. The standard InChI is InChI=1S/C13H23N3O/c1-15-13(9-14,11-3-4-11)10-16-7-5-12(17-2)6-8-16/h11-12,15H,3-8,10H2,1-2H3. The number of hydrogen-bond donors (Lipinski definition) is 1. The van der Waals surface area contributed by atoms with Crippen LogP contribution in [0.3, 0.4) is 0 Å². The molecule has 1 aliphatic heterocycles. The van der Waals surface area contributed by atoms with Gasteiger partial charge in [0.2, 0.25) is 0 Å². The molecule has 4 nitrogen and oxygen atoms in total. The lowest BCUT2D eigenvalue weighted by Crippen LogP contribution is -2.54. The Balaban J connectivity index is 1.89. The molecule has 1 unspecified atom stereocenters. The summed E-state index contributed by atoms with van der Waals surface area (Å²) in [7, 11) is 3.71. The second-order valence-electron chi connectivity index (χ2n) is 5.32.